The van der Waals surface area contributed by atoms with E-state index in [1.54, 1.807) is 0 Å². The van der Waals surface area contributed by atoms with Crippen molar-refractivity contribution < 1.29 is 0 Å². The fourth-order valence-corrected chi connectivity index (χ4v) is 9.82. The van der Waals surface area contributed by atoms with Crippen LogP contribution in [0.15, 0.2) is 212 Å². The Morgan fingerprint density at radius 3 is 1.56 bits per heavy atom. The molecule has 0 bridgehead atoms. The summed E-state index contributed by atoms with van der Waals surface area (Å²) in [7, 11) is 0. The summed E-state index contributed by atoms with van der Waals surface area (Å²) in [5.41, 5.74) is 9.63. The maximum absolute atomic E-state index is 5.46. The van der Waals surface area contributed by atoms with Crippen LogP contribution in [-0.2, 0) is 0 Å². The molecule has 5 heteroatoms. The molecule has 0 aliphatic heterocycles. The van der Waals surface area contributed by atoms with Crippen LogP contribution < -0.4 is 0 Å². The van der Waals surface area contributed by atoms with Gasteiger partial charge in [0.05, 0.1) is 27.8 Å². The van der Waals surface area contributed by atoms with Crippen molar-refractivity contribution in [3.05, 3.63) is 212 Å². The zero-order valence-corrected chi connectivity index (χ0v) is 33.4. The maximum atomic E-state index is 5.46. The smallest absolute Gasteiger partial charge is 0.164 e. The van der Waals surface area contributed by atoms with Crippen molar-refractivity contribution in [1.29, 1.82) is 0 Å². The van der Waals surface area contributed by atoms with E-state index in [9.17, 15) is 0 Å². The minimum Gasteiger partial charge on any atom is -0.309 e. The van der Waals surface area contributed by atoms with Gasteiger partial charge >= 0.3 is 0 Å². The van der Waals surface area contributed by atoms with E-state index >= 15 is 0 Å². The molecular weight excluding hydrogens is 755 g/mol. The molecule has 13 rings (SSSR count). The third kappa shape index (κ3) is 5.18. The Morgan fingerprint density at radius 2 is 0.774 bits per heavy atom. The van der Waals surface area contributed by atoms with E-state index in [1.807, 2.05) is 0 Å². The first kappa shape index (κ1) is 34.5. The highest BCUT2D eigenvalue weighted by atomic mass is 15.0. The Morgan fingerprint density at radius 1 is 0.274 bits per heavy atom. The molecule has 0 aliphatic rings. The number of nitrogens with zero attached hydrogens (tertiary/aromatic N) is 5. The largest absolute Gasteiger partial charge is 0.309 e. The van der Waals surface area contributed by atoms with Crippen LogP contribution in [0.3, 0.4) is 0 Å². The van der Waals surface area contributed by atoms with Crippen LogP contribution in [0, 0.1) is 0 Å². The molecule has 3 heterocycles. The molecule has 3 aromatic heterocycles. The highest BCUT2D eigenvalue weighted by Gasteiger charge is 2.22. The highest BCUT2D eigenvalue weighted by Crippen LogP contribution is 2.41. The fourth-order valence-electron chi connectivity index (χ4n) is 9.82. The van der Waals surface area contributed by atoms with Crippen molar-refractivity contribution in [2.24, 2.45) is 0 Å². The topological polar surface area (TPSA) is 48.5 Å². The average molecular weight is 790 g/mol. The van der Waals surface area contributed by atoms with Crippen molar-refractivity contribution in [3.63, 3.8) is 0 Å². The quantitative estimate of drug-likeness (QED) is 0.174. The van der Waals surface area contributed by atoms with Crippen molar-refractivity contribution in [2.45, 2.75) is 0 Å². The molecule has 0 unspecified atom stereocenters. The number of fused-ring (bicyclic) bond motifs is 9. The summed E-state index contributed by atoms with van der Waals surface area (Å²) in [5, 5.41) is 11.6. The number of rotatable bonds is 5. The minimum absolute atomic E-state index is 0.623. The lowest BCUT2D eigenvalue weighted by molar-refractivity contribution is 1.08. The van der Waals surface area contributed by atoms with Gasteiger partial charge in [0, 0.05) is 49.3 Å². The second kappa shape index (κ2) is 13.6. The lowest BCUT2D eigenvalue weighted by Gasteiger charge is -2.15. The van der Waals surface area contributed by atoms with E-state index in [0.717, 1.165) is 71.4 Å². The van der Waals surface area contributed by atoms with Gasteiger partial charge in [-0.1, -0.05) is 164 Å². The van der Waals surface area contributed by atoms with Crippen molar-refractivity contribution in [2.75, 3.05) is 0 Å². The third-order valence-corrected chi connectivity index (χ3v) is 12.5. The van der Waals surface area contributed by atoms with Gasteiger partial charge in [-0.05, 0) is 75.5 Å². The van der Waals surface area contributed by atoms with Gasteiger partial charge in [0.15, 0.2) is 17.5 Å². The Kier molecular flexibility index (Phi) is 7.54. The zero-order chi connectivity index (χ0) is 40.7. The number of aromatic nitrogens is 5. The molecular formula is C57H35N5. The molecule has 0 fully saturated rings. The lowest BCUT2D eigenvalue weighted by Crippen LogP contribution is -2.02. The minimum atomic E-state index is 0.623. The normalized spacial score (nSPS) is 11.9. The van der Waals surface area contributed by atoms with E-state index < -0.39 is 0 Å². The van der Waals surface area contributed by atoms with E-state index in [2.05, 4.69) is 221 Å². The van der Waals surface area contributed by atoms with Gasteiger partial charge in [0.25, 0.3) is 0 Å². The Labute approximate surface area is 356 Å². The van der Waals surface area contributed by atoms with E-state index in [0.29, 0.717) is 17.5 Å². The molecule has 0 N–H and O–H groups in total. The van der Waals surface area contributed by atoms with Crippen LogP contribution in [0.4, 0.5) is 0 Å². The number of para-hydroxylation sites is 3. The summed E-state index contributed by atoms with van der Waals surface area (Å²) in [5.74, 6) is 1.88. The molecule has 0 spiro atoms. The van der Waals surface area contributed by atoms with Gasteiger partial charge in [-0.2, -0.15) is 0 Å². The average Bonchev–Trinajstić information content (AvgIpc) is 3.85. The van der Waals surface area contributed by atoms with Gasteiger partial charge < -0.3 is 9.13 Å². The third-order valence-electron chi connectivity index (χ3n) is 12.5. The Balaban J connectivity index is 1.09. The molecule has 10 aromatic carbocycles. The summed E-state index contributed by atoms with van der Waals surface area (Å²) >= 11 is 0. The zero-order valence-electron chi connectivity index (χ0n) is 33.4. The lowest BCUT2D eigenvalue weighted by atomic mass is 10.0. The van der Waals surface area contributed by atoms with Gasteiger partial charge in [-0.15, -0.1) is 0 Å². The molecule has 0 saturated heterocycles. The van der Waals surface area contributed by atoms with Crippen LogP contribution in [0.25, 0.3) is 121 Å². The molecule has 0 saturated carbocycles. The van der Waals surface area contributed by atoms with E-state index in [1.165, 1.54) is 32.6 Å². The van der Waals surface area contributed by atoms with Crippen molar-refractivity contribution >= 4 is 75.9 Å². The molecule has 0 atom stereocenters. The van der Waals surface area contributed by atoms with Gasteiger partial charge in [0.1, 0.15) is 0 Å². The molecule has 288 valence electrons. The van der Waals surface area contributed by atoms with Crippen molar-refractivity contribution in [1.82, 2.24) is 24.1 Å². The number of hydrogen-bond acceptors (Lipinski definition) is 3. The molecule has 5 nitrogen and oxygen atoms in total. The predicted molar refractivity (Wildman–Crippen MR) is 257 cm³/mol. The predicted octanol–water partition coefficient (Wildman–Crippen LogP) is 14.5. The van der Waals surface area contributed by atoms with Gasteiger partial charge in [0.2, 0.25) is 0 Å². The second-order valence-electron chi connectivity index (χ2n) is 16.0. The maximum Gasteiger partial charge on any atom is 0.164 e. The van der Waals surface area contributed by atoms with Gasteiger partial charge in [-0.3, -0.25) is 0 Å². The summed E-state index contributed by atoms with van der Waals surface area (Å²) in [6.45, 7) is 0. The van der Waals surface area contributed by atoms with Gasteiger partial charge in [-0.25, -0.2) is 15.0 Å². The van der Waals surface area contributed by atoms with E-state index in [4.69, 9.17) is 15.0 Å². The Bertz CT molecular complexity index is 3930. The SMILES string of the molecule is c1ccc(-n2c3ccccc3c3c(-c4nc(-c5cccc6ccccc56)nc(-c5cccc6c(-n7c8ccccc8c8cc9ccccc9cc87)cccc56)n4)cccc32)cc1. The fraction of sp³-hybridized carbons (Fsp3) is 0. The van der Waals surface area contributed by atoms with Crippen LogP contribution in [0.2, 0.25) is 0 Å². The summed E-state index contributed by atoms with van der Waals surface area (Å²) in [6.07, 6.45) is 0. The first-order valence-corrected chi connectivity index (χ1v) is 21.0. The summed E-state index contributed by atoms with van der Waals surface area (Å²) < 4.78 is 4.76. The summed E-state index contributed by atoms with van der Waals surface area (Å²) in [6, 6.07) is 75.6. The van der Waals surface area contributed by atoms with Crippen LogP contribution in [-0.4, -0.2) is 24.1 Å². The van der Waals surface area contributed by atoms with E-state index in [-0.39, 0.29) is 0 Å². The molecule has 0 amide bonds. The monoisotopic (exact) mass is 789 g/mol. The molecule has 0 radical (unpaired) electrons. The molecule has 0 aliphatic carbocycles. The molecule has 13 aromatic rings. The first-order chi connectivity index (χ1) is 30.8. The van der Waals surface area contributed by atoms with Crippen molar-refractivity contribution in [3.8, 4) is 45.5 Å². The first-order valence-electron chi connectivity index (χ1n) is 21.0. The highest BCUT2D eigenvalue weighted by molar-refractivity contribution is 6.16. The number of benzene rings is 10. The van der Waals surface area contributed by atoms with Crippen LogP contribution >= 0.6 is 0 Å². The Hall–Kier alpha value is -8.41. The standard InChI is InChI=1S/C57H35N5/c1-2-20-39(21-3-1)61-51-31-11-9-24-46(51)54-47(29-15-33-52(54)61)57-59-55(44-27-12-19-36-16-6-7-22-40(36)44)58-56(60-57)45-28-13-26-42-41(45)25-14-32-50(42)62-49-30-10-8-23-43(49)48-34-37-17-4-5-18-38(37)35-53(48)62/h1-35H. The van der Waals surface area contributed by atoms with Crippen LogP contribution in [0.5, 0.6) is 0 Å². The number of hydrogen-bond donors (Lipinski definition) is 0. The summed E-state index contributed by atoms with van der Waals surface area (Å²) in [4.78, 5) is 16.2. The molecule has 62 heavy (non-hydrogen) atoms. The second-order valence-corrected chi connectivity index (χ2v) is 16.0. The van der Waals surface area contributed by atoms with Crippen LogP contribution in [0.1, 0.15) is 0 Å².